The normalized spacial score (nSPS) is 14.0. The molecule has 0 bridgehead atoms. The topological polar surface area (TPSA) is 87.3 Å². The van der Waals surface area contributed by atoms with Crippen molar-refractivity contribution < 1.29 is 14.4 Å². The summed E-state index contributed by atoms with van der Waals surface area (Å²) < 4.78 is 0. The summed E-state index contributed by atoms with van der Waals surface area (Å²) in [4.78, 5) is 36.6. The van der Waals surface area contributed by atoms with Crippen LogP contribution in [-0.4, -0.2) is 30.8 Å². The zero-order valence-corrected chi connectivity index (χ0v) is 17.4. The third kappa shape index (κ3) is 6.17. The number of aryl methyl sites for hydroxylation is 1. The minimum Gasteiger partial charge on any atom is -0.354 e. The summed E-state index contributed by atoms with van der Waals surface area (Å²) in [5.74, 6) is -0.186. The summed E-state index contributed by atoms with van der Waals surface area (Å²) in [6, 6.07) is 14.1. The van der Waals surface area contributed by atoms with Crippen molar-refractivity contribution in [3.8, 4) is 0 Å². The highest BCUT2D eigenvalue weighted by Gasteiger charge is 2.20. The van der Waals surface area contributed by atoms with Gasteiger partial charge >= 0.3 is 0 Å². The van der Waals surface area contributed by atoms with Crippen LogP contribution >= 0.6 is 0 Å². The molecule has 0 aliphatic heterocycles. The van der Waals surface area contributed by atoms with E-state index in [4.69, 9.17) is 0 Å². The Morgan fingerprint density at radius 3 is 2.00 bits per heavy atom. The van der Waals surface area contributed by atoms with Gasteiger partial charge in [0.05, 0.1) is 0 Å². The molecule has 3 N–H and O–H groups in total. The molecule has 1 saturated carbocycles. The van der Waals surface area contributed by atoms with Gasteiger partial charge in [-0.2, -0.15) is 0 Å². The maximum absolute atomic E-state index is 12.3. The monoisotopic (exact) mass is 407 g/mol. The van der Waals surface area contributed by atoms with Gasteiger partial charge in [-0.25, -0.2) is 0 Å². The van der Waals surface area contributed by atoms with Crippen molar-refractivity contribution >= 4 is 23.4 Å². The van der Waals surface area contributed by atoms with Gasteiger partial charge in [0.25, 0.3) is 11.8 Å². The standard InChI is InChI=1S/C24H29N3O3/c1-17-7-9-20(10-8-17)24(30)27-21-13-11-19(12-14-21)23(29)26-16-15-25-22(28)18-5-3-2-4-6-18/h7-14,18H,2-6,15-16H2,1H3,(H,25,28)(H,26,29)(H,27,30). The van der Waals surface area contributed by atoms with Gasteiger partial charge < -0.3 is 16.0 Å². The number of benzene rings is 2. The van der Waals surface area contributed by atoms with Crippen molar-refractivity contribution in [1.29, 1.82) is 0 Å². The third-order valence-corrected chi connectivity index (χ3v) is 5.40. The number of nitrogens with one attached hydrogen (secondary N) is 3. The second kappa shape index (κ2) is 10.6. The predicted octanol–water partition coefficient (Wildman–Crippen LogP) is 3.67. The lowest BCUT2D eigenvalue weighted by atomic mass is 9.89. The first-order valence-corrected chi connectivity index (χ1v) is 10.6. The molecule has 1 fully saturated rings. The lowest BCUT2D eigenvalue weighted by Crippen LogP contribution is -2.38. The van der Waals surface area contributed by atoms with Crippen molar-refractivity contribution in [1.82, 2.24) is 10.6 Å². The molecule has 0 radical (unpaired) electrons. The van der Waals surface area contributed by atoms with Gasteiger partial charge in [-0.15, -0.1) is 0 Å². The number of hydrogen-bond acceptors (Lipinski definition) is 3. The molecule has 0 aromatic heterocycles. The number of amides is 3. The van der Waals surface area contributed by atoms with E-state index < -0.39 is 0 Å². The molecule has 1 aliphatic rings. The number of rotatable bonds is 7. The van der Waals surface area contributed by atoms with E-state index in [0.717, 1.165) is 31.2 Å². The summed E-state index contributed by atoms with van der Waals surface area (Å²) in [5.41, 5.74) is 2.80. The van der Waals surface area contributed by atoms with Gasteiger partial charge in [0.15, 0.2) is 0 Å². The van der Waals surface area contributed by atoms with Gasteiger partial charge in [0.2, 0.25) is 5.91 Å². The molecule has 2 aromatic rings. The first-order valence-electron chi connectivity index (χ1n) is 10.6. The van der Waals surface area contributed by atoms with Gasteiger partial charge in [-0.3, -0.25) is 14.4 Å². The Morgan fingerprint density at radius 1 is 0.767 bits per heavy atom. The number of carbonyl (C=O) groups excluding carboxylic acids is 3. The molecule has 3 rings (SSSR count). The highest BCUT2D eigenvalue weighted by atomic mass is 16.2. The molecule has 30 heavy (non-hydrogen) atoms. The molecule has 0 saturated heterocycles. The average Bonchev–Trinajstić information content (AvgIpc) is 2.78. The molecular formula is C24H29N3O3. The fraction of sp³-hybridized carbons (Fsp3) is 0.375. The molecular weight excluding hydrogens is 378 g/mol. The van der Waals surface area contributed by atoms with Crippen LogP contribution in [0.15, 0.2) is 48.5 Å². The average molecular weight is 408 g/mol. The quantitative estimate of drug-likeness (QED) is 0.612. The van der Waals surface area contributed by atoms with Crippen molar-refractivity contribution in [2.45, 2.75) is 39.0 Å². The fourth-order valence-electron chi connectivity index (χ4n) is 3.59. The lowest BCUT2D eigenvalue weighted by molar-refractivity contribution is -0.125. The molecule has 158 valence electrons. The zero-order valence-electron chi connectivity index (χ0n) is 17.4. The summed E-state index contributed by atoms with van der Waals surface area (Å²) in [5, 5.41) is 8.54. The zero-order chi connectivity index (χ0) is 21.3. The van der Waals surface area contributed by atoms with E-state index in [1.807, 2.05) is 19.1 Å². The van der Waals surface area contributed by atoms with E-state index >= 15 is 0 Å². The van der Waals surface area contributed by atoms with Crippen molar-refractivity contribution in [2.75, 3.05) is 18.4 Å². The molecule has 0 atom stereocenters. The Morgan fingerprint density at radius 2 is 1.33 bits per heavy atom. The molecule has 6 heteroatoms. The van der Waals surface area contributed by atoms with Gasteiger partial charge in [0, 0.05) is 35.8 Å². The van der Waals surface area contributed by atoms with Gasteiger partial charge in [-0.05, 0) is 56.2 Å². The first kappa shape index (κ1) is 21.6. The van der Waals surface area contributed by atoms with Crippen LogP contribution in [0.3, 0.4) is 0 Å². The number of carbonyl (C=O) groups is 3. The van der Waals surface area contributed by atoms with Crippen molar-refractivity contribution in [3.05, 3.63) is 65.2 Å². The van der Waals surface area contributed by atoms with Crippen LogP contribution in [0.25, 0.3) is 0 Å². The predicted molar refractivity (Wildman–Crippen MR) is 117 cm³/mol. The van der Waals surface area contributed by atoms with Gasteiger partial charge in [-0.1, -0.05) is 37.0 Å². The summed E-state index contributed by atoms with van der Waals surface area (Å²) >= 11 is 0. The smallest absolute Gasteiger partial charge is 0.255 e. The maximum Gasteiger partial charge on any atom is 0.255 e. The molecule has 0 heterocycles. The molecule has 0 unspecified atom stereocenters. The largest absolute Gasteiger partial charge is 0.354 e. The summed E-state index contributed by atoms with van der Waals surface area (Å²) in [6.45, 7) is 2.77. The van der Waals surface area contributed by atoms with E-state index in [2.05, 4.69) is 16.0 Å². The lowest BCUT2D eigenvalue weighted by Gasteiger charge is -2.20. The minimum absolute atomic E-state index is 0.0950. The van der Waals surface area contributed by atoms with E-state index in [1.165, 1.54) is 6.42 Å². The summed E-state index contributed by atoms with van der Waals surface area (Å²) in [7, 11) is 0. The summed E-state index contributed by atoms with van der Waals surface area (Å²) in [6.07, 6.45) is 5.39. The molecule has 6 nitrogen and oxygen atoms in total. The van der Waals surface area contributed by atoms with E-state index in [0.29, 0.717) is 29.9 Å². The van der Waals surface area contributed by atoms with E-state index in [-0.39, 0.29) is 23.6 Å². The Balaban J connectivity index is 1.41. The van der Waals surface area contributed by atoms with E-state index in [1.54, 1.807) is 36.4 Å². The molecule has 0 spiro atoms. The van der Waals surface area contributed by atoms with Crippen LogP contribution in [0.5, 0.6) is 0 Å². The second-order valence-corrected chi connectivity index (χ2v) is 7.78. The van der Waals surface area contributed by atoms with E-state index in [9.17, 15) is 14.4 Å². The molecule has 2 aromatic carbocycles. The molecule has 3 amide bonds. The number of anilines is 1. The highest BCUT2D eigenvalue weighted by Crippen LogP contribution is 2.23. The van der Waals surface area contributed by atoms with Crippen LogP contribution in [0, 0.1) is 12.8 Å². The SMILES string of the molecule is Cc1ccc(C(=O)Nc2ccc(C(=O)NCCNC(=O)C3CCCCC3)cc2)cc1. The van der Waals surface area contributed by atoms with Crippen LogP contribution < -0.4 is 16.0 Å². The Labute approximate surface area is 177 Å². The Hall–Kier alpha value is -3.15. The van der Waals surface area contributed by atoms with Crippen LogP contribution in [0.4, 0.5) is 5.69 Å². The Bertz CT molecular complexity index is 870. The van der Waals surface area contributed by atoms with Gasteiger partial charge in [0.1, 0.15) is 0 Å². The Kier molecular flexibility index (Phi) is 7.60. The second-order valence-electron chi connectivity index (χ2n) is 7.78. The van der Waals surface area contributed by atoms with Crippen LogP contribution in [0.1, 0.15) is 58.4 Å². The maximum atomic E-state index is 12.3. The first-order chi connectivity index (χ1) is 14.5. The fourth-order valence-corrected chi connectivity index (χ4v) is 3.59. The van der Waals surface area contributed by atoms with Crippen LogP contribution in [0.2, 0.25) is 0 Å². The highest BCUT2D eigenvalue weighted by molar-refractivity contribution is 6.04. The van der Waals surface area contributed by atoms with Crippen molar-refractivity contribution in [2.24, 2.45) is 5.92 Å². The number of hydrogen-bond donors (Lipinski definition) is 3. The minimum atomic E-state index is -0.210. The van der Waals surface area contributed by atoms with Crippen molar-refractivity contribution in [3.63, 3.8) is 0 Å². The molecule has 1 aliphatic carbocycles. The third-order valence-electron chi connectivity index (χ3n) is 5.40. The van der Waals surface area contributed by atoms with Crippen LogP contribution in [-0.2, 0) is 4.79 Å².